The molecule has 0 aliphatic carbocycles. The van der Waals surface area contributed by atoms with Gasteiger partial charge in [-0.25, -0.2) is 14.6 Å². The summed E-state index contributed by atoms with van der Waals surface area (Å²) < 4.78 is 6.08. The monoisotopic (exact) mass is 274 g/mol. The zero-order valence-electron chi connectivity index (χ0n) is 10.9. The van der Waals surface area contributed by atoms with Crippen molar-refractivity contribution in [2.24, 2.45) is 0 Å². The van der Waals surface area contributed by atoms with Crippen LogP contribution in [0.1, 0.15) is 6.92 Å². The van der Waals surface area contributed by atoms with E-state index in [4.69, 9.17) is 4.74 Å². The minimum atomic E-state index is -0.511. The lowest BCUT2D eigenvalue weighted by Crippen LogP contribution is -2.17. The number of hydrogen-bond acceptors (Lipinski definition) is 4. The molecule has 0 saturated carbocycles. The molecule has 2 rings (SSSR count). The van der Waals surface area contributed by atoms with Gasteiger partial charge in [0.15, 0.2) is 0 Å². The number of imidazole rings is 1. The summed E-state index contributed by atoms with van der Waals surface area (Å²) in [6, 6.07) is 6.38. The van der Waals surface area contributed by atoms with Crippen LogP contribution in [0.4, 0.5) is 21.0 Å². The van der Waals surface area contributed by atoms with Gasteiger partial charge in [0, 0.05) is 23.8 Å². The maximum absolute atomic E-state index is 11.7. The molecule has 0 aliphatic heterocycles. The molecular weight excluding hydrogens is 260 g/mol. The molecule has 1 aromatic carbocycles. The fourth-order valence-corrected chi connectivity index (χ4v) is 1.49. The highest BCUT2D eigenvalue weighted by Crippen LogP contribution is 2.14. The van der Waals surface area contributed by atoms with Gasteiger partial charge in [-0.2, -0.15) is 0 Å². The predicted octanol–water partition coefficient (Wildman–Crippen LogP) is 2.53. The van der Waals surface area contributed by atoms with Crippen LogP contribution in [-0.2, 0) is 4.74 Å². The number of aromatic nitrogens is 2. The van der Waals surface area contributed by atoms with Crippen LogP contribution in [0.15, 0.2) is 43.0 Å². The molecule has 20 heavy (non-hydrogen) atoms. The number of anilines is 2. The number of benzene rings is 1. The lowest BCUT2D eigenvalue weighted by Gasteiger charge is -2.07. The molecule has 0 radical (unpaired) electrons. The van der Waals surface area contributed by atoms with E-state index in [1.807, 2.05) is 0 Å². The van der Waals surface area contributed by atoms with Crippen LogP contribution in [0.25, 0.3) is 0 Å². The number of carbonyl (C=O) groups is 2. The molecule has 0 bridgehead atoms. The first-order chi connectivity index (χ1) is 9.69. The Bertz CT molecular complexity index is 578. The van der Waals surface area contributed by atoms with Gasteiger partial charge in [0.05, 0.1) is 6.61 Å². The van der Waals surface area contributed by atoms with Crippen molar-refractivity contribution in [1.82, 2.24) is 9.55 Å². The summed E-state index contributed by atoms with van der Waals surface area (Å²) in [5.74, 6) is 0. The number of nitrogens with zero attached hydrogens (tertiary/aromatic N) is 2. The van der Waals surface area contributed by atoms with E-state index in [2.05, 4.69) is 15.6 Å². The molecule has 0 atom stereocenters. The van der Waals surface area contributed by atoms with Crippen molar-refractivity contribution in [2.75, 3.05) is 17.2 Å². The Morgan fingerprint density at radius 1 is 1.20 bits per heavy atom. The molecular formula is C13H14N4O3. The fourth-order valence-electron chi connectivity index (χ4n) is 1.49. The largest absolute Gasteiger partial charge is 0.450 e. The summed E-state index contributed by atoms with van der Waals surface area (Å²) in [5.41, 5.74) is 1.20. The first-order valence-corrected chi connectivity index (χ1v) is 6.02. The van der Waals surface area contributed by atoms with E-state index in [1.165, 1.54) is 17.1 Å². The molecule has 0 saturated heterocycles. The number of ether oxygens (including phenoxy) is 1. The summed E-state index contributed by atoms with van der Waals surface area (Å²) in [7, 11) is 0. The SMILES string of the molecule is CCOC(=O)Nc1ccc(NC(=O)n2ccnc2)cc1. The third kappa shape index (κ3) is 3.58. The third-order valence-corrected chi connectivity index (χ3v) is 2.40. The summed E-state index contributed by atoms with van der Waals surface area (Å²) in [4.78, 5) is 26.8. The van der Waals surface area contributed by atoms with Gasteiger partial charge < -0.3 is 10.1 Å². The lowest BCUT2D eigenvalue weighted by molar-refractivity contribution is 0.168. The highest BCUT2D eigenvalue weighted by Gasteiger charge is 2.05. The Morgan fingerprint density at radius 2 is 1.85 bits per heavy atom. The third-order valence-electron chi connectivity index (χ3n) is 2.40. The quantitative estimate of drug-likeness (QED) is 0.900. The standard InChI is InChI=1S/C13H14N4O3/c1-2-20-13(19)16-11-5-3-10(4-6-11)15-12(18)17-8-7-14-9-17/h3-9H,2H2,1H3,(H,15,18)(H,16,19). The van der Waals surface area contributed by atoms with Gasteiger partial charge in [-0.15, -0.1) is 0 Å². The molecule has 7 nitrogen and oxygen atoms in total. The van der Waals surface area contributed by atoms with Crippen molar-refractivity contribution in [3.8, 4) is 0 Å². The van der Waals surface area contributed by atoms with Crippen molar-refractivity contribution in [2.45, 2.75) is 6.92 Å². The summed E-state index contributed by atoms with van der Waals surface area (Å²) in [6.07, 6.45) is 3.96. The summed E-state index contributed by atoms with van der Waals surface area (Å²) >= 11 is 0. The maximum atomic E-state index is 11.7. The van der Waals surface area contributed by atoms with Crippen molar-refractivity contribution in [3.63, 3.8) is 0 Å². The Hall–Kier alpha value is -2.83. The van der Waals surface area contributed by atoms with E-state index < -0.39 is 6.09 Å². The second kappa shape index (κ2) is 6.37. The topological polar surface area (TPSA) is 85.3 Å². The van der Waals surface area contributed by atoms with Gasteiger partial charge in [-0.3, -0.25) is 9.88 Å². The molecule has 2 N–H and O–H groups in total. The van der Waals surface area contributed by atoms with Crippen LogP contribution < -0.4 is 10.6 Å². The van der Waals surface area contributed by atoms with Crippen molar-refractivity contribution in [3.05, 3.63) is 43.0 Å². The molecule has 0 spiro atoms. The van der Waals surface area contributed by atoms with E-state index in [9.17, 15) is 9.59 Å². The second-order valence-electron chi connectivity index (χ2n) is 3.82. The van der Waals surface area contributed by atoms with Crippen molar-refractivity contribution >= 4 is 23.5 Å². The molecule has 0 fully saturated rings. The van der Waals surface area contributed by atoms with Crippen LogP contribution in [0, 0.1) is 0 Å². The molecule has 7 heteroatoms. The Morgan fingerprint density at radius 3 is 2.40 bits per heavy atom. The van der Waals surface area contributed by atoms with E-state index in [-0.39, 0.29) is 6.03 Å². The predicted molar refractivity (Wildman–Crippen MR) is 73.7 cm³/mol. The van der Waals surface area contributed by atoms with Gasteiger partial charge in [0.2, 0.25) is 0 Å². The molecule has 1 heterocycles. The van der Waals surface area contributed by atoms with Gasteiger partial charge in [-0.05, 0) is 31.2 Å². The first-order valence-electron chi connectivity index (χ1n) is 6.02. The van der Waals surface area contributed by atoms with Gasteiger partial charge in [-0.1, -0.05) is 0 Å². The average Bonchev–Trinajstić information content (AvgIpc) is 2.95. The van der Waals surface area contributed by atoms with E-state index in [0.29, 0.717) is 18.0 Å². The molecule has 104 valence electrons. The van der Waals surface area contributed by atoms with Crippen LogP contribution in [-0.4, -0.2) is 28.3 Å². The van der Waals surface area contributed by atoms with Crippen molar-refractivity contribution in [1.29, 1.82) is 0 Å². The maximum Gasteiger partial charge on any atom is 0.411 e. The molecule has 2 amide bonds. The highest BCUT2D eigenvalue weighted by atomic mass is 16.5. The highest BCUT2D eigenvalue weighted by molar-refractivity contribution is 5.91. The minimum absolute atomic E-state index is 0.310. The number of hydrogen-bond donors (Lipinski definition) is 2. The molecule has 0 aliphatic rings. The molecule has 1 aromatic heterocycles. The first kappa shape index (κ1) is 13.6. The normalized spacial score (nSPS) is 9.85. The smallest absolute Gasteiger partial charge is 0.411 e. The van der Waals surface area contributed by atoms with E-state index in [0.717, 1.165) is 0 Å². The lowest BCUT2D eigenvalue weighted by atomic mass is 10.3. The average molecular weight is 274 g/mol. The minimum Gasteiger partial charge on any atom is -0.450 e. The Balaban J connectivity index is 1.95. The number of carbonyl (C=O) groups excluding carboxylic acids is 2. The summed E-state index contributed by atoms with van der Waals surface area (Å²) in [6.45, 7) is 2.04. The zero-order chi connectivity index (χ0) is 14.4. The zero-order valence-corrected chi connectivity index (χ0v) is 10.9. The van der Waals surface area contributed by atoms with Crippen LogP contribution in [0.3, 0.4) is 0 Å². The van der Waals surface area contributed by atoms with Crippen molar-refractivity contribution < 1.29 is 14.3 Å². The van der Waals surface area contributed by atoms with E-state index in [1.54, 1.807) is 37.4 Å². The number of rotatable bonds is 3. The second-order valence-corrected chi connectivity index (χ2v) is 3.82. The fraction of sp³-hybridized carbons (Fsp3) is 0.154. The van der Waals surface area contributed by atoms with E-state index >= 15 is 0 Å². The summed E-state index contributed by atoms with van der Waals surface area (Å²) in [5, 5.41) is 5.25. The van der Waals surface area contributed by atoms with Crippen LogP contribution in [0.2, 0.25) is 0 Å². The number of nitrogens with one attached hydrogen (secondary N) is 2. The van der Waals surface area contributed by atoms with Crippen LogP contribution >= 0.6 is 0 Å². The van der Waals surface area contributed by atoms with Gasteiger partial charge in [0.25, 0.3) is 0 Å². The Labute approximate surface area is 115 Å². The van der Waals surface area contributed by atoms with Gasteiger partial charge in [0.1, 0.15) is 6.33 Å². The molecule has 0 unspecified atom stereocenters. The van der Waals surface area contributed by atoms with Gasteiger partial charge >= 0.3 is 12.1 Å². The van der Waals surface area contributed by atoms with Crippen LogP contribution in [0.5, 0.6) is 0 Å². The number of amides is 2. The molecule has 2 aromatic rings. The Kier molecular flexibility index (Phi) is 4.33.